The van der Waals surface area contributed by atoms with Crippen LogP contribution in [-0.2, 0) is 26.1 Å². The molecule has 0 heterocycles. The largest absolute Gasteiger partial charge is 0.316 e. The molecule has 0 radical (unpaired) electrons. The van der Waals surface area contributed by atoms with Gasteiger partial charge in [0.1, 0.15) is 0 Å². The van der Waals surface area contributed by atoms with Crippen LogP contribution in [0.2, 0.25) is 0 Å². The Morgan fingerprint density at radius 1 is 0.633 bits per heavy atom. The first-order valence-corrected chi connectivity index (χ1v) is 10.8. The van der Waals surface area contributed by atoms with Crippen LogP contribution in [-0.4, -0.2) is 18.5 Å². The van der Waals surface area contributed by atoms with E-state index in [4.69, 9.17) is 0 Å². The Labute approximate surface area is 180 Å². The molecule has 0 aliphatic heterocycles. The van der Waals surface area contributed by atoms with Crippen molar-refractivity contribution in [3.05, 3.63) is 119 Å². The smallest absolute Gasteiger partial charge is 0.0237 e. The molecule has 0 unspecified atom stereocenters. The Kier molecular flexibility index (Phi) is 6.91. The molecule has 4 aromatic rings. The van der Waals surface area contributed by atoms with Crippen LogP contribution in [0.4, 0.5) is 0 Å². The third-order valence-electron chi connectivity index (χ3n) is 5.64. The maximum Gasteiger partial charge on any atom is 0.0237 e. The molecule has 0 aliphatic carbocycles. The number of rotatable bonds is 9. The standard InChI is InChI=1S/C28H30N2/c1-29-20-23-14-16-25(17-15-23)22-30(21-24-8-3-2-4-9-24)19-18-27-12-7-11-26-10-5-6-13-28(26)27/h2-17,29H,18-22H2,1H3. The summed E-state index contributed by atoms with van der Waals surface area (Å²) in [6.45, 7) is 3.86. The molecule has 0 aliphatic rings. The van der Waals surface area contributed by atoms with Crippen molar-refractivity contribution in [3.63, 3.8) is 0 Å². The summed E-state index contributed by atoms with van der Waals surface area (Å²) < 4.78 is 0. The first-order chi connectivity index (χ1) is 14.8. The summed E-state index contributed by atoms with van der Waals surface area (Å²) in [6.07, 6.45) is 1.05. The van der Waals surface area contributed by atoms with E-state index in [9.17, 15) is 0 Å². The normalized spacial score (nSPS) is 11.3. The van der Waals surface area contributed by atoms with Gasteiger partial charge in [-0.25, -0.2) is 0 Å². The highest BCUT2D eigenvalue weighted by Gasteiger charge is 2.09. The van der Waals surface area contributed by atoms with E-state index in [0.717, 1.165) is 32.6 Å². The van der Waals surface area contributed by atoms with E-state index in [0.29, 0.717) is 0 Å². The molecule has 30 heavy (non-hydrogen) atoms. The topological polar surface area (TPSA) is 15.3 Å². The minimum Gasteiger partial charge on any atom is -0.316 e. The van der Waals surface area contributed by atoms with Gasteiger partial charge in [-0.1, -0.05) is 97.1 Å². The second kappa shape index (κ2) is 10.2. The van der Waals surface area contributed by atoms with Crippen molar-refractivity contribution in [2.24, 2.45) is 0 Å². The molecule has 152 valence electrons. The lowest BCUT2D eigenvalue weighted by Crippen LogP contribution is -2.25. The van der Waals surface area contributed by atoms with Crippen molar-refractivity contribution in [1.82, 2.24) is 10.2 Å². The Bertz CT molecular complexity index is 1050. The molecule has 2 nitrogen and oxygen atoms in total. The summed E-state index contributed by atoms with van der Waals surface area (Å²) >= 11 is 0. The molecule has 0 saturated carbocycles. The van der Waals surface area contributed by atoms with E-state index in [1.165, 1.54) is 33.0 Å². The van der Waals surface area contributed by atoms with E-state index >= 15 is 0 Å². The maximum absolute atomic E-state index is 3.22. The van der Waals surface area contributed by atoms with Gasteiger partial charge in [0.05, 0.1) is 0 Å². The number of nitrogens with zero attached hydrogens (tertiary/aromatic N) is 1. The molecular formula is C28H30N2. The van der Waals surface area contributed by atoms with Crippen LogP contribution in [0.25, 0.3) is 10.8 Å². The number of hydrogen-bond acceptors (Lipinski definition) is 2. The monoisotopic (exact) mass is 394 g/mol. The van der Waals surface area contributed by atoms with Crippen LogP contribution in [0.3, 0.4) is 0 Å². The second-order valence-corrected chi connectivity index (χ2v) is 7.93. The first kappa shape index (κ1) is 20.3. The van der Waals surface area contributed by atoms with Crippen LogP contribution in [0.15, 0.2) is 97.1 Å². The van der Waals surface area contributed by atoms with E-state index < -0.39 is 0 Å². The molecule has 0 aromatic heterocycles. The molecule has 2 heteroatoms. The first-order valence-electron chi connectivity index (χ1n) is 10.8. The summed E-state index contributed by atoms with van der Waals surface area (Å²) in [4.78, 5) is 2.56. The van der Waals surface area contributed by atoms with Crippen molar-refractivity contribution in [3.8, 4) is 0 Å². The number of hydrogen-bond donors (Lipinski definition) is 1. The van der Waals surface area contributed by atoms with E-state index in [2.05, 4.69) is 107 Å². The summed E-state index contributed by atoms with van der Waals surface area (Å²) in [5.74, 6) is 0. The van der Waals surface area contributed by atoms with Gasteiger partial charge < -0.3 is 5.32 Å². The lowest BCUT2D eigenvalue weighted by molar-refractivity contribution is 0.260. The Hall–Kier alpha value is -2.94. The van der Waals surface area contributed by atoms with Gasteiger partial charge >= 0.3 is 0 Å². The minimum atomic E-state index is 0.912. The number of nitrogens with one attached hydrogen (secondary N) is 1. The van der Waals surface area contributed by atoms with Gasteiger partial charge in [-0.05, 0) is 46.5 Å². The van der Waals surface area contributed by atoms with Crippen molar-refractivity contribution >= 4 is 10.8 Å². The van der Waals surface area contributed by atoms with E-state index in [1.807, 2.05) is 7.05 Å². The van der Waals surface area contributed by atoms with Gasteiger partial charge in [-0.2, -0.15) is 0 Å². The molecule has 0 amide bonds. The van der Waals surface area contributed by atoms with Crippen LogP contribution in [0.1, 0.15) is 22.3 Å². The Morgan fingerprint density at radius 3 is 2.03 bits per heavy atom. The molecule has 4 rings (SSSR count). The van der Waals surface area contributed by atoms with Gasteiger partial charge in [0.25, 0.3) is 0 Å². The molecule has 0 fully saturated rings. The fourth-order valence-electron chi connectivity index (χ4n) is 4.07. The van der Waals surface area contributed by atoms with Crippen LogP contribution in [0, 0.1) is 0 Å². The number of fused-ring (bicyclic) bond motifs is 1. The van der Waals surface area contributed by atoms with Gasteiger partial charge in [0.2, 0.25) is 0 Å². The van der Waals surface area contributed by atoms with Gasteiger partial charge in [0.15, 0.2) is 0 Å². The third kappa shape index (κ3) is 5.35. The molecular weight excluding hydrogens is 364 g/mol. The molecule has 0 spiro atoms. The summed E-state index contributed by atoms with van der Waals surface area (Å²) in [6, 6.07) is 35.1. The summed E-state index contributed by atoms with van der Waals surface area (Å²) in [5, 5.41) is 5.91. The van der Waals surface area contributed by atoms with E-state index in [-0.39, 0.29) is 0 Å². The zero-order valence-corrected chi connectivity index (χ0v) is 17.7. The highest BCUT2D eigenvalue weighted by atomic mass is 15.1. The van der Waals surface area contributed by atoms with Gasteiger partial charge in [-0.3, -0.25) is 4.90 Å². The summed E-state index contributed by atoms with van der Waals surface area (Å²) in [7, 11) is 1.99. The van der Waals surface area contributed by atoms with Crippen LogP contribution in [0.5, 0.6) is 0 Å². The maximum atomic E-state index is 3.22. The SMILES string of the molecule is CNCc1ccc(CN(CCc2cccc3ccccc23)Cc2ccccc2)cc1. The Balaban J connectivity index is 1.50. The predicted molar refractivity (Wildman–Crippen MR) is 127 cm³/mol. The van der Waals surface area contributed by atoms with Gasteiger partial charge in [0, 0.05) is 26.2 Å². The predicted octanol–water partition coefficient (Wildman–Crippen LogP) is 5.80. The zero-order chi connectivity index (χ0) is 20.6. The number of benzene rings is 4. The fourth-order valence-corrected chi connectivity index (χ4v) is 4.07. The third-order valence-corrected chi connectivity index (χ3v) is 5.64. The highest BCUT2D eigenvalue weighted by Crippen LogP contribution is 2.20. The van der Waals surface area contributed by atoms with Crippen LogP contribution < -0.4 is 5.32 Å². The average Bonchev–Trinajstić information content (AvgIpc) is 2.79. The fraction of sp³-hybridized carbons (Fsp3) is 0.214. The lowest BCUT2D eigenvalue weighted by Gasteiger charge is -2.23. The summed E-state index contributed by atoms with van der Waals surface area (Å²) in [5.41, 5.74) is 5.48. The molecule has 1 N–H and O–H groups in total. The van der Waals surface area contributed by atoms with Crippen molar-refractivity contribution < 1.29 is 0 Å². The quantitative estimate of drug-likeness (QED) is 0.386. The van der Waals surface area contributed by atoms with Crippen molar-refractivity contribution in [1.29, 1.82) is 0 Å². The molecule has 0 bridgehead atoms. The van der Waals surface area contributed by atoms with Crippen LogP contribution >= 0.6 is 0 Å². The lowest BCUT2D eigenvalue weighted by atomic mass is 10.0. The molecule has 0 saturated heterocycles. The Morgan fingerprint density at radius 2 is 1.27 bits per heavy atom. The zero-order valence-electron chi connectivity index (χ0n) is 17.7. The van der Waals surface area contributed by atoms with Crippen molar-refractivity contribution in [2.45, 2.75) is 26.1 Å². The minimum absolute atomic E-state index is 0.912. The highest BCUT2D eigenvalue weighted by molar-refractivity contribution is 5.85. The van der Waals surface area contributed by atoms with E-state index in [1.54, 1.807) is 0 Å². The average molecular weight is 395 g/mol. The molecule has 0 atom stereocenters. The van der Waals surface area contributed by atoms with Gasteiger partial charge in [-0.15, -0.1) is 0 Å². The van der Waals surface area contributed by atoms with Crippen molar-refractivity contribution in [2.75, 3.05) is 13.6 Å². The second-order valence-electron chi connectivity index (χ2n) is 7.93. The molecule has 4 aromatic carbocycles.